The molecule has 0 N–H and O–H groups in total. The zero-order chi connectivity index (χ0) is 23.0. The smallest absolute Gasteiger partial charge is 0.274 e. The van der Waals surface area contributed by atoms with E-state index in [0.29, 0.717) is 31.3 Å². The molecule has 1 amide bonds. The van der Waals surface area contributed by atoms with E-state index in [2.05, 4.69) is 17.2 Å². The Morgan fingerprint density at radius 3 is 2.39 bits per heavy atom. The lowest BCUT2D eigenvalue weighted by Gasteiger charge is -2.32. The summed E-state index contributed by atoms with van der Waals surface area (Å²) in [5.74, 6) is 2.00. The van der Waals surface area contributed by atoms with Crippen molar-refractivity contribution in [2.75, 3.05) is 26.8 Å². The third-order valence-corrected chi connectivity index (χ3v) is 5.99. The zero-order valence-corrected chi connectivity index (χ0v) is 18.9. The maximum absolute atomic E-state index is 13.0. The number of methoxy groups -OCH3 is 1. The molecule has 7 heteroatoms. The highest BCUT2D eigenvalue weighted by atomic mass is 16.5. The number of para-hydroxylation sites is 1. The molecule has 1 aromatic heterocycles. The number of rotatable bonds is 8. The molecule has 7 nitrogen and oxygen atoms in total. The number of carbonyl (C=O) groups excluding carboxylic acids is 1. The number of carbonyl (C=O) groups is 1. The molecule has 4 rings (SSSR count). The molecule has 33 heavy (non-hydrogen) atoms. The molecule has 1 fully saturated rings. The molecule has 0 atom stereocenters. The van der Waals surface area contributed by atoms with Crippen molar-refractivity contribution in [3.63, 3.8) is 0 Å². The van der Waals surface area contributed by atoms with Crippen molar-refractivity contribution in [1.29, 1.82) is 0 Å². The summed E-state index contributed by atoms with van der Waals surface area (Å²) >= 11 is 0. The van der Waals surface area contributed by atoms with Gasteiger partial charge in [-0.1, -0.05) is 30.3 Å². The normalized spacial score (nSPS) is 14.2. The Hall–Kier alpha value is -3.61. The molecule has 1 aliphatic heterocycles. The van der Waals surface area contributed by atoms with E-state index in [1.54, 1.807) is 7.11 Å². The van der Waals surface area contributed by atoms with Gasteiger partial charge < -0.3 is 14.4 Å². The Bertz CT molecular complexity index is 1100. The van der Waals surface area contributed by atoms with Gasteiger partial charge in [0.2, 0.25) is 0 Å². The average molecular weight is 448 g/mol. The van der Waals surface area contributed by atoms with E-state index in [1.165, 1.54) is 22.4 Å². The Morgan fingerprint density at radius 1 is 0.970 bits per heavy atom. The van der Waals surface area contributed by atoms with Crippen molar-refractivity contribution in [3.8, 4) is 11.5 Å². The van der Waals surface area contributed by atoms with Crippen molar-refractivity contribution in [3.05, 3.63) is 88.3 Å². The number of hydrogen-bond acceptors (Lipinski definition) is 5. The van der Waals surface area contributed by atoms with Crippen LogP contribution >= 0.6 is 0 Å². The first-order valence-corrected chi connectivity index (χ1v) is 11.3. The highest BCUT2D eigenvalue weighted by Gasteiger charge is 2.25. The maximum Gasteiger partial charge on any atom is 0.274 e. The second kappa shape index (κ2) is 10.8. The number of aromatic nitrogens is 2. The van der Waals surface area contributed by atoms with Crippen molar-refractivity contribution in [1.82, 2.24) is 14.7 Å². The van der Waals surface area contributed by atoms with E-state index < -0.39 is 0 Å². The minimum absolute atomic E-state index is 0.129. The van der Waals surface area contributed by atoms with Crippen LogP contribution in [0.2, 0.25) is 0 Å². The molecule has 0 spiro atoms. The number of hydrogen-bond donors (Lipinski definition) is 0. The molecule has 0 saturated carbocycles. The summed E-state index contributed by atoms with van der Waals surface area (Å²) in [6, 6.07) is 20.5. The van der Waals surface area contributed by atoms with Gasteiger partial charge in [-0.05, 0) is 61.1 Å². The van der Waals surface area contributed by atoms with Crippen LogP contribution in [0.15, 0.2) is 71.5 Å². The fourth-order valence-corrected chi connectivity index (χ4v) is 4.09. The molecule has 1 saturated heterocycles. The number of amides is 1. The summed E-state index contributed by atoms with van der Waals surface area (Å²) in [7, 11) is 1.67. The first-order valence-electron chi connectivity index (χ1n) is 11.3. The average Bonchev–Trinajstić information content (AvgIpc) is 2.86. The summed E-state index contributed by atoms with van der Waals surface area (Å²) < 4.78 is 12.2. The number of ether oxygens (including phenoxy) is 2. The van der Waals surface area contributed by atoms with Crippen molar-refractivity contribution >= 4 is 5.91 Å². The monoisotopic (exact) mass is 447 g/mol. The largest absolute Gasteiger partial charge is 0.497 e. The Labute approximate surface area is 193 Å². The van der Waals surface area contributed by atoms with Crippen LogP contribution in [0.5, 0.6) is 11.5 Å². The highest BCUT2D eigenvalue weighted by Crippen LogP contribution is 2.23. The van der Waals surface area contributed by atoms with Crippen molar-refractivity contribution in [2.24, 2.45) is 5.92 Å². The topological polar surface area (TPSA) is 73.7 Å². The molecular formula is C26H29N3O4. The second-order valence-electron chi connectivity index (χ2n) is 8.23. The van der Waals surface area contributed by atoms with Gasteiger partial charge in [-0.2, -0.15) is 5.10 Å². The molecule has 2 aromatic carbocycles. The van der Waals surface area contributed by atoms with E-state index in [4.69, 9.17) is 9.47 Å². The molecule has 0 unspecified atom stereocenters. The summed E-state index contributed by atoms with van der Waals surface area (Å²) in [4.78, 5) is 27.0. The van der Waals surface area contributed by atoms with Gasteiger partial charge in [-0.25, -0.2) is 4.68 Å². The van der Waals surface area contributed by atoms with E-state index in [0.717, 1.165) is 30.8 Å². The summed E-state index contributed by atoms with van der Waals surface area (Å²) in [5, 5.41) is 4.30. The van der Waals surface area contributed by atoms with Crippen molar-refractivity contribution < 1.29 is 14.3 Å². The second-order valence-corrected chi connectivity index (χ2v) is 8.23. The Balaban J connectivity index is 1.30. The lowest BCUT2D eigenvalue weighted by atomic mass is 9.90. The van der Waals surface area contributed by atoms with E-state index in [1.807, 2.05) is 47.4 Å². The van der Waals surface area contributed by atoms with Crippen LogP contribution in [0.1, 0.15) is 28.9 Å². The van der Waals surface area contributed by atoms with Crippen LogP contribution in [0, 0.1) is 5.92 Å². The Morgan fingerprint density at radius 2 is 1.70 bits per heavy atom. The lowest BCUT2D eigenvalue weighted by Crippen LogP contribution is -2.40. The predicted molar refractivity (Wildman–Crippen MR) is 126 cm³/mol. The first-order chi connectivity index (χ1) is 16.1. The highest BCUT2D eigenvalue weighted by molar-refractivity contribution is 5.92. The molecule has 0 aliphatic carbocycles. The lowest BCUT2D eigenvalue weighted by molar-refractivity contribution is 0.0681. The molecule has 1 aliphatic rings. The maximum atomic E-state index is 13.0. The third-order valence-electron chi connectivity index (χ3n) is 5.99. The van der Waals surface area contributed by atoms with E-state index in [9.17, 15) is 9.59 Å². The van der Waals surface area contributed by atoms with Gasteiger partial charge in [0.1, 0.15) is 23.8 Å². The molecule has 2 heterocycles. The van der Waals surface area contributed by atoms with Crippen LogP contribution in [-0.2, 0) is 13.0 Å². The Kier molecular flexibility index (Phi) is 7.40. The quantitative estimate of drug-likeness (QED) is 0.529. The minimum Gasteiger partial charge on any atom is -0.497 e. The van der Waals surface area contributed by atoms with E-state index >= 15 is 0 Å². The van der Waals surface area contributed by atoms with Gasteiger partial charge in [0.15, 0.2) is 0 Å². The standard InChI is InChI=1S/C26H29N3O4/c1-32-22-9-7-20(8-10-22)19-21-13-15-28(16-14-21)26(31)24-11-12-25(30)29(27-24)17-18-33-23-5-3-2-4-6-23/h2-12,21H,13-19H2,1H3. The molecule has 0 bridgehead atoms. The molecule has 0 radical (unpaired) electrons. The molecule has 172 valence electrons. The zero-order valence-electron chi connectivity index (χ0n) is 18.9. The fraction of sp³-hybridized carbons (Fsp3) is 0.346. The number of nitrogens with zero attached hydrogens (tertiary/aromatic N) is 3. The molecular weight excluding hydrogens is 418 g/mol. The minimum atomic E-state index is -0.249. The van der Waals surface area contributed by atoms with Crippen LogP contribution in [0.4, 0.5) is 0 Å². The van der Waals surface area contributed by atoms with Gasteiger partial charge >= 0.3 is 0 Å². The van der Waals surface area contributed by atoms with Gasteiger partial charge in [-0.3, -0.25) is 9.59 Å². The van der Waals surface area contributed by atoms with Gasteiger partial charge in [0.05, 0.1) is 13.7 Å². The SMILES string of the molecule is COc1ccc(CC2CCN(C(=O)c3ccc(=O)n(CCOc4ccccc4)n3)CC2)cc1. The number of benzene rings is 2. The van der Waals surface area contributed by atoms with Crippen LogP contribution in [0.25, 0.3) is 0 Å². The van der Waals surface area contributed by atoms with Gasteiger partial charge in [-0.15, -0.1) is 0 Å². The summed E-state index contributed by atoms with van der Waals surface area (Å²) in [6.45, 7) is 1.96. The van der Waals surface area contributed by atoms with E-state index in [-0.39, 0.29) is 18.0 Å². The summed E-state index contributed by atoms with van der Waals surface area (Å²) in [5.41, 5.74) is 1.33. The first kappa shape index (κ1) is 22.6. The number of likely N-dealkylation sites (tertiary alicyclic amines) is 1. The molecule has 3 aromatic rings. The van der Waals surface area contributed by atoms with Gasteiger partial charge in [0.25, 0.3) is 11.5 Å². The fourth-order valence-electron chi connectivity index (χ4n) is 4.09. The number of piperidine rings is 1. The van der Waals surface area contributed by atoms with Crippen LogP contribution in [0.3, 0.4) is 0 Å². The van der Waals surface area contributed by atoms with Crippen molar-refractivity contribution in [2.45, 2.75) is 25.8 Å². The predicted octanol–water partition coefficient (Wildman–Crippen LogP) is 3.43. The van der Waals surface area contributed by atoms with Crippen LogP contribution < -0.4 is 15.0 Å². The summed E-state index contributed by atoms with van der Waals surface area (Å²) in [6.07, 6.45) is 2.89. The van der Waals surface area contributed by atoms with Gasteiger partial charge in [0, 0.05) is 19.2 Å². The third kappa shape index (κ3) is 6.00. The van der Waals surface area contributed by atoms with Crippen LogP contribution in [-0.4, -0.2) is 47.4 Å².